The number of nitrogens with one attached hydrogen (secondary N) is 1. The first-order valence-corrected chi connectivity index (χ1v) is 6.10. The molecule has 0 aliphatic carbocycles. The van der Waals surface area contributed by atoms with Gasteiger partial charge in [-0.1, -0.05) is 6.07 Å². The van der Waals surface area contributed by atoms with Crippen LogP contribution in [0, 0.1) is 0 Å². The molecule has 0 atom stereocenters. The van der Waals surface area contributed by atoms with Crippen LogP contribution in [0.2, 0.25) is 0 Å². The molecule has 92 valence electrons. The Kier molecular flexibility index (Phi) is 3.69. The topological polar surface area (TPSA) is 79.3 Å². The average Bonchev–Trinajstić information content (AvgIpc) is 2.90. The molecule has 2 aromatic heterocycles. The fourth-order valence-electron chi connectivity index (χ4n) is 1.33. The Morgan fingerprint density at radius 1 is 1.33 bits per heavy atom. The number of aromatic nitrogens is 1. The summed E-state index contributed by atoms with van der Waals surface area (Å²) in [5.74, 6) is -1.22. The van der Waals surface area contributed by atoms with E-state index >= 15 is 0 Å². The number of carbonyl (C=O) groups excluding carboxylic acids is 1. The number of amides is 1. The maximum atomic E-state index is 11.6. The van der Waals surface area contributed by atoms with E-state index in [9.17, 15) is 9.59 Å². The number of thiophene rings is 1. The molecule has 2 N–H and O–H groups in total. The Morgan fingerprint density at radius 2 is 2.17 bits per heavy atom. The highest BCUT2D eigenvalue weighted by molar-refractivity contribution is 7.08. The van der Waals surface area contributed by atoms with Crippen molar-refractivity contribution in [3.8, 4) is 0 Å². The van der Waals surface area contributed by atoms with Crippen LogP contribution in [0.1, 0.15) is 26.4 Å². The first-order valence-electron chi connectivity index (χ1n) is 5.15. The number of pyridine rings is 1. The van der Waals surface area contributed by atoms with E-state index in [2.05, 4.69) is 10.3 Å². The van der Waals surface area contributed by atoms with E-state index < -0.39 is 5.97 Å². The second kappa shape index (κ2) is 5.42. The number of aromatic carboxylic acids is 1. The molecule has 6 heteroatoms. The summed E-state index contributed by atoms with van der Waals surface area (Å²) in [6.07, 6.45) is 1.44. The van der Waals surface area contributed by atoms with E-state index in [1.54, 1.807) is 17.5 Å². The Bertz CT molecular complexity index is 549. The Balaban J connectivity index is 1.94. The first-order chi connectivity index (χ1) is 8.66. The summed E-state index contributed by atoms with van der Waals surface area (Å²) in [7, 11) is 0. The van der Waals surface area contributed by atoms with E-state index in [1.807, 2.05) is 5.38 Å². The largest absolute Gasteiger partial charge is 0.477 e. The zero-order chi connectivity index (χ0) is 13.0. The summed E-state index contributed by atoms with van der Waals surface area (Å²) in [4.78, 5) is 26.0. The lowest BCUT2D eigenvalue weighted by Crippen LogP contribution is -2.22. The lowest BCUT2D eigenvalue weighted by atomic mass is 10.2. The molecular weight excluding hydrogens is 252 g/mol. The third-order valence-electron chi connectivity index (χ3n) is 2.28. The van der Waals surface area contributed by atoms with Crippen LogP contribution in [0.3, 0.4) is 0 Å². The molecule has 0 aromatic carbocycles. The monoisotopic (exact) mass is 262 g/mol. The Morgan fingerprint density at radius 3 is 2.72 bits per heavy atom. The lowest BCUT2D eigenvalue weighted by molar-refractivity contribution is 0.0690. The van der Waals surface area contributed by atoms with Gasteiger partial charge < -0.3 is 10.4 Å². The summed E-state index contributed by atoms with van der Waals surface area (Å²) >= 11 is 1.46. The van der Waals surface area contributed by atoms with Crippen LogP contribution in [0.5, 0.6) is 0 Å². The van der Waals surface area contributed by atoms with Gasteiger partial charge in [0.2, 0.25) is 0 Å². The summed E-state index contributed by atoms with van der Waals surface area (Å²) in [5, 5.41) is 15.0. The fourth-order valence-corrected chi connectivity index (χ4v) is 1.97. The molecule has 0 saturated carbocycles. The lowest BCUT2D eigenvalue weighted by Gasteiger charge is -2.03. The fraction of sp³-hybridized carbons (Fsp3) is 0.0833. The predicted octanol–water partition coefficient (Wildman–Crippen LogP) is 1.77. The molecule has 2 heterocycles. The standard InChI is InChI=1S/C12H10N2O3S/c15-11(9-3-4-18-7-9)14-6-8-1-2-10(12(16)17)13-5-8/h1-5,7H,6H2,(H,14,15)(H,16,17). The van der Waals surface area contributed by atoms with E-state index in [1.165, 1.54) is 23.6 Å². The summed E-state index contributed by atoms with van der Waals surface area (Å²) in [5.41, 5.74) is 1.36. The van der Waals surface area contributed by atoms with Crippen LogP contribution in [0.25, 0.3) is 0 Å². The zero-order valence-corrected chi connectivity index (χ0v) is 10.1. The molecule has 0 radical (unpaired) electrons. The first kappa shape index (κ1) is 12.3. The number of nitrogens with zero attached hydrogens (tertiary/aromatic N) is 1. The van der Waals surface area contributed by atoms with Crippen molar-refractivity contribution in [2.24, 2.45) is 0 Å². The molecule has 0 bridgehead atoms. The zero-order valence-electron chi connectivity index (χ0n) is 9.29. The quantitative estimate of drug-likeness (QED) is 0.880. The number of carboxylic acids is 1. The third-order valence-corrected chi connectivity index (χ3v) is 2.96. The molecule has 0 fully saturated rings. The normalized spacial score (nSPS) is 10.0. The van der Waals surface area contributed by atoms with Crippen LogP contribution >= 0.6 is 11.3 Å². The minimum absolute atomic E-state index is 0.0112. The number of rotatable bonds is 4. The van der Waals surface area contributed by atoms with E-state index in [-0.39, 0.29) is 11.6 Å². The van der Waals surface area contributed by atoms with Gasteiger partial charge in [0.1, 0.15) is 5.69 Å². The summed E-state index contributed by atoms with van der Waals surface area (Å²) < 4.78 is 0. The highest BCUT2D eigenvalue weighted by atomic mass is 32.1. The molecule has 2 aromatic rings. The molecule has 0 unspecified atom stereocenters. The SMILES string of the molecule is O=C(NCc1ccc(C(=O)O)nc1)c1ccsc1. The van der Waals surface area contributed by atoms with Crippen molar-refractivity contribution in [2.75, 3.05) is 0 Å². The Labute approximate surface area is 107 Å². The van der Waals surface area contributed by atoms with Crippen molar-refractivity contribution in [1.82, 2.24) is 10.3 Å². The number of hydrogen-bond donors (Lipinski definition) is 2. The minimum Gasteiger partial charge on any atom is -0.477 e. The molecular formula is C12H10N2O3S. The highest BCUT2D eigenvalue weighted by Gasteiger charge is 2.06. The van der Waals surface area contributed by atoms with Crippen LogP contribution in [-0.2, 0) is 6.54 Å². The predicted molar refractivity (Wildman–Crippen MR) is 66.7 cm³/mol. The number of carbonyl (C=O) groups is 2. The van der Waals surface area contributed by atoms with Crippen molar-refractivity contribution in [1.29, 1.82) is 0 Å². The van der Waals surface area contributed by atoms with Crippen molar-refractivity contribution in [3.05, 3.63) is 52.0 Å². The molecule has 2 rings (SSSR count). The van der Waals surface area contributed by atoms with Gasteiger partial charge in [-0.25, -0.2) is 9.78 Å². The van der Waals surface area contributed by atoms with Gasteiger partial charge in [0, 0.05) is 23.7 Å². The van der Waals surface area contributed by atoms with E-state index in [0.717, 1.165) is 5.56 Å². The minimum atomic E-state index is -1.07. The van der Waals surface area contributed by atoms with Crippen molar-refractivity contribution < 1.29 is 14.7 Å². The second-order valence-electron chi connectivity index (χ2n) is 3.55. The van der Waals surface area contributed by atoms with Gasteiger partial charge in [-0.2, -0.15) is 11.3 Å². The summed E-state index contributed by atoms with van der Waals surface area (Å²) in [6, 6.07) is 4.78. The smallest absolute Gasteiger partial charge is 0.354 e. The molecule has 5 nitrogen and oxygen atoms in total. The third kappa shape index (κ3) is 2.92. The molecule has 0 aliphatic rings. The molecule has 0 saturated heterocycles. The Hall–Kier alpha value is -2.21. The highest BCUT2D eigenvalue weighted by Crippen LogP contribution is 2.06. The molecule has 1 amide bonds. The molecule has 0 aliphatic heterocycles. The van der Waals surface area contributed by atoms with Gasteiger partial charge in [0.15, 0.2) is 0 Å². The second-order valence-corrected chi connectivity index (χ2v) is 4.33. The maximum Gasteiger partial charge on any atom is 0.354 e. The van der Waals surface area contributed by atoms with Gasteiger partial charge in [0.25, 0.3) is 5.91 Å². The van der Waals surface area contributed by atoms with Crippen molar-refractivity contribution >= 4 is 23.2 Å². The van der Waals surface area contributed by atoms with Crippen LogP contribution < -0.4 is 5.32 Å². The van der Waals surface area contributed by atoms with Crippen LogP contribution in [-0.4, -0.2) is 22.0 Å². The van der Waals surface area contributed by atoms with Gasteiger partial charge in [-0.05, 0) is 23.1 Å². The van der Waals surface area contributed by atoms with E-state index in [4.69, 9.17) is 5.11 Å². The van der Waals surface area contributed by atoms with E-state index in [0.29, 0.717) is 12.1 Å². The van der Waals surface area contributed by atoms with Gasteiger partial charge in [0.05, 0.1) is 0 Å². The number of hydrogen-bond acceptors (Lipinski definition) is 4. The van der Waals surface area contributed by atoms with Crippen LogP contribution in [0.15, 0.2) is 35.2 Å². The van der Waals surface area contributed by atoms with Crippen molar-refractivity contribution in [2.45, 2.75) is 6.54 Å². The van der Waals surface area contributed by atoms with Gasteiger partial charge in [-0.3, -0.25) is 4.79 Å². The van der Waals surface area contributed by atoms with Gasteiger partial charge >= 0.3 is 5.97 Å². The van der Waals surface area contributed by atoms with Crippen molar-refractivity contribution in [3.63, 3.8) is 0 Å². The van der Waals surface area contributed by atoms with Gasteiger partial charge in [-0.15, -0.1) is 0 Å². The average molecular weight is 262 g/mol. The summed E-state index contributed by atoms with van der Waals surface area (Å²) in [6.45, 7) is 0.321. The maximum absolute atomic E-state index is 11.6. The van der Waals surface area contributed by atoms with Crippen LogP contribution in [0.4, 0.5) is 0 Å². The molecule has 0 spiro atoms. The molecule has 18 heavy (non-hydrogen) atoms. The number of carboxylic acid groups (broad SMARTS) is 1.